The predicted octanol–water partition coefficient (Wildman–Crippen LogP) is 7.35. The van der Waals surface area contributed by atoms with Crippen molar-refractivity contribution >= 4 is 29.8 Å². The van der Waals surface area contributed by atoms with Crippen LogP contribution >= 0.6 is 11.8 Å². The third-order valence-electron chi connectivity index (χ3n) is 6.46. The first-order valence-electron chi connectivity index (χ1n) is 13.5. The molecule has 0 aliphatic heterocycles. The zero-order valence-electron chi connectivity index (χ0n) is 22.6. The molecule has 39 heavy (non-hydrogen) atoms. The fourth-order valence-corrected chi connectivity index (χ4v) is 5.12. The molecule has 1 atom stereocenters. The second kappa shape index (κ2) is 17.2. The van der Waals surface area contributed by atoms with Gasteiger partial charge in [-0.05, 0) is 79.5 Å². The number of carboxylic acids is 1. The highest BCUT2D eigenvalue weighted by molar-refractivity contribution is 7.99. The number of unbranched alkanes of at least 4 members (excludes halogenated alkanes) is 2. The molecule has 0 radical (unpaired) electrons. The Kier molecular flexibility index (Phi) is 13.2. The lowest BCUT2D eigenvalue weighted by Crippen LogP contribution is -2.07. The van der Waals surface area contributed by atoms with Crippen LogP contribution in [-0.2, 0) is 22.4 Å². The Hall–Kier alpha value is -3.51. The molecule has 1 unspecified atom stereocenters. The number of para-hydroxylation sites is 1. The summed E-state index contributed by atoms with van der Waals surface area (Å²) in [6.07, 6.45) is 10.4. The summed E-state index contributed by atoms with van der Waals surface area (Å²) >= 11 is 1.56. The number of ether oxygens (including phenoxy) is 2. The normalized spacial score (nSPS) is 11.8. The van der Waals surface area contributed by atoms with Gasteiger partial charge in [0.2, 0.25) is 0 Å². The molecular weight excluding hydrogens is 508 g/mol. The Labute approximate surface area is 236 Å². The number of aromatic carboxylic acids is 1. The summed E-state index contributed by atoms with van der Waals surface area (Å²) in [6, 6.07) is 25.7. The van der Waals surface area contributed by atoms with Gasteiger partial charge in [0.05, 0.1) is 25.0 Å². The van der Waals surface area contributed by atoms with Crippen LogP contribution in [0, 0.1) is 5.92 Å². The van der Waals surface area contributed by atoms with Crippen molar-refractivity contribution in [2.45, 2.75) is 38.5 Å². The quantitative estimate of drug-likeness (QED) is 0.141. The molecular formula is C33H38O5S. The van der Waals surface area contributed by atoms with Gasteiger partial charge < -0.3 is 14.6 Å². The maximum Gasteiger partial charge on any atom is 0.335 e. The van der Waals surface area contributed by atoms with Crippen LogP contribution in [0.25, 0.3) is 6.08 Å². The monoisotopic (exact) mass is 546 g/mol. The maximum atomic E-state index is 11.5. The number of thioether (sulfide) groups is 1. The first kappa shape index (κ1) is 30.0. The fraction of sp³-hybridized carbons (Fsp3) is 0.333. The number of benzene rings is 3. The van der Waals surface area contributed by atoms with Crippen molar-refractivity contribution in [2.24, 2.45) is 5.92 Å². The van der Waals surface area contributed by atoms with Crippen molar-refractivity contribution in [1.82, 2.24) is 0 Å². The number of carbonyl (C=O) groups excluding carboxylic acids is 1. The Bertz CT molecular complexity index is 1170. The van der Waals surface area contributed by atoms with Crippen molar-refractivity contribution in [1.29, 1.82) is 0 Å². The van der Waals surface area contributed by atoms with Crippen LogP contribution in [0.4, 0.5) is 0 Å². The highest BCUT2D eigenvalue weighted by Gasteiger charge is 2.10. The van der Waals surface area contributed by atoms with E-state index in [1.165, 1.54) is 12.7 Å². The average molecular weight is 547 g/mol. The molecule has 0 aliphatic carbocycles. The second-order valence-electron chi connectivity index (χ2n) is 9.43. The minimum Gasteiger partial charge on any atom is -0.493 e. The first-order valence-corrected chi connectivity index (χ1v) is 14.6. The second-order valence-corrected chi connectivity index (χ2v) is 10.5. The molecule has 5 nitrogen and oxygen atoms in total. The topological polar surface area (TPSA) is 72.8 Å². The maximum absolute atomic E-state index is 11.5. The minimum absolute atomic E-state index is 0.219. The Morgan fingerprint density at radius 1 is 0.897 bits per heavy atom. The molecule has 206 valence electrons. The summed E-state index contributed by atoms with van der Waals surface area (Å²) in [4.78, 5) is 22.7. The van der Waals surface area contributed by atoms with E-state index < -0.39 is 5.97 Å². The van der Waals surface area contributed by atoms with Crippen molar-refractivity contribution in [3.8, 4) is 5.75 Å². The number of carbonyl (C=O) groups is 2. The lowest BCUT2D eigenvalue weighted by molar-refractivity contribution is -0.137. The summed E-state index contributed by atoms with van der Waals surface area (Å²) in [5.74, 6) is 1.10. The third-order valence-corrected chi connectivity index (χ3v) is 7.42. The van der Waals surface area contributed by atoms with Gasteiger partial charge in [0.15, 0.2) is 0 Å². The van der Waals surface area contributed by atoms with Crippen LogP contribution in [0.2, 0.25) is 0 Å². The minimum atomic E-state index is -0.926. The molecule has 3 aromatic carbocycles. The summed E-state index contributed by atoms with van der Waals surface area (Å²) < 4.78 is 10.9. The van der Waals surface area contributed by atoms with Gasteiger partial charge in [-0.25, -0.2) is 4.79 Å². The van der Waals surface area contributed by atoms with Gasteiger partial charge in [-0.1, -0.05) is 72.8 Å². The number of esters is 1. The standard InChI is InChI=1S/C33H38O5S/c1-37-32(34)25-39-23-21-28(24-27-16-19-30(20-17-27)33(35)36)15-18-29-13-7-8-14-31(29)38-22-9-3-6-12-26-10-4-2-5-11-26/h2,4-5,7-8,10-11,13-20,28H,3,6,9,12,21-25H2,1H3,(H,35,36)/b18-15+. The molecule has 0 bridgehead atoms. The van der Waals surface area contributed by atoms with Gasteiger partial charge >= 0.3 is 11.9 Å². The first-order chi connectivity index (χ1) is 19.0. The summed E-state index contributed by atoms with van der Waals surface area (Å²) in [7, 11) is 1.40. The van der Waals surface area contributed by atoms with Crippen LogP contribution in [0.5, 0.6) is 5.75 Å². The van der Waals surface area contributed by atoms with Gasteiger partial charge in [-0.2, -0.15) is 11.8 Å². The smallest absolute Gasteiger partial charge is 0.335 e. The van der Waals surface area contributed by atoms with E-state index in [2.05, 4.69) is 42.5 Å². The molecule has 3 aromatic rings. The summed E-state index contributed by atoms with van der Waals surface area (Å²) in [5, 5.41) is 9.19. The molecule has 0 amide bonds. The molecule has 0 fully saturated rings. The van der Waals surface area contributed by atoms with Crippen LogP contribution in [-0.4, -0.2) is 42.3 Å². The van der Waals surface area contributed by atoms with E-state index in [-0.39, 0.29) is 17.5 Å². The number of allylic oxidation sites excluding steroid dienone is 1. The Morgan fingerprint density at radius 2 is 1.64 bits per heavy atom. The molecule has 0 spiro atoms. The molecule has 0 aromatic heterocycles. The zero-order chi connectivity index (χ0) is 27.7. The highest BCUT2D eigenvalue weighted by atomic mass is 32.2. The van der Waals surface area contributed by atoms with Crippen LogP contribution in [0.1, 0.15) is 52.7 Å². The SMILES string of the molecule is COC(=O)CSCCC(/C=C/c1ccccc1OCCCCCc1ccccc1)Cc1ccc(C(=O)O)cc1. The molecule has 0 saturated carbocycles. The summed E-state index contributed by atoms with van der Waals surface area (Å²) in [6.45, 7) is 0.684. The van der Waals surface area contributed by atoms with E-state index in [4.69, 9.17) is 9.47 Å². The Morgan fingerprint density at radius 3 is 2.38 bits per heavy atom. The largest absolute Gasteiger partial charge is 0.493 e. The molecule has 6 heteroatoms. The number of methoxy groups -OCH3 is 1. The van der Waals surface area contributed by atoms with Crippen molar-refractivity contribution < 1.29 is 24.2 Å². The lowest BCUT2D eigenvalue weighted by Gasteiger charge is -2.14. The van der Waals surface area contributed by atoms with E-state index in [0.717, 1.165) is 61.2 Å². The van der Waals surface area contributed by atoms with Gasteiger partial charge in [0.1, 0.15) is 5.75 Å². The number of hydrogen-bond acceptors (Lipinski definition) is 5. The van der Waals surface area contributed by atoms with Crippen molar-refractivity contribution in [3.05, 3.63) is 107 Å². The molecule has 0 aliphatic rings. The number of rotatable bonds is 17. The Balaban J connectivity index is 1.56. The van der Waals surface area contributed by atoms with E-state index in [1.807, 2.05) is 36.4 Å². The molecule has 0 heterocycles. The highest BCUT2D eigenvalue weighted by Crippen LogP contribution is 2.24. The van der Waals surface area contributed by atoms with Crippen molar-refractivity contribution in [3.63, 3.8) is 0 Å². The van der Waals surface area contributed by atoms with Gasteiger partial charge in [-0.15, -0.1) is 0 Å². The van der Waals surface area contributed by atoms with Gasteiger partial charge in [0, 0.05) is 5.56 Å². The third kappa shape index (κ3) is 11.4. The van der Waals surface area contributed by atoms with Gasteiger partial charge in [0.25, 0.3) is 0 Å². The van der Waals surface area contributed by atoms with Crippen LogP contribution in [0.3, 0.4) is 0 Å². The molecule has 1 N–H and O–H groups in total. The van der Waals surface area contributed by atoms with E-state index in [1.54, 1.807) is 23.9 Å². The van der Waals surface area contributed by atoms with Crippen molar-refractivity contribution in [2.75, 3.05) is 25.2 Å². The molecule has 3 rings (SSSR count). The number of hydrogen-bond donors (Lipinski definition) is 1. The number of aryl methyl sites for hydroxylation is 1. The lowest BCUT2D eigenvalue weighted by atomic mass is 9.95. The van der Waals surface area contributed by atoms with E-state index >= 15 is 0 Å². The number of carboxylic acid groups (broad SMARTS) is 1. The van der Waals surface area contributed by atoms with E-state index in [9.17, 15) is 14.7 Å². The van der Waals surface area contributed by atoms with Gasteiger partial charge in [-0.3, -0.25) is 4.79 Å². The van der Waals surface area contributed by atoms with Crippen LogP contribution < -0.4 is 4.74 Å². The zero-order valence-corrected chi connectivity index (χ0v) is 23.4. The summed E-state index contributed by atoms with van der Waals surface area (Å²) in [5.41, 5.74) is 3.78. The van der Waals surface area contributed by atoms with Crippen LogP contribution in [0.15, 0.2) is 84.9 Å². The average Bonchev–Trinajstić information content (AvgIpc) is 2.96. The van der Waals surface area contributed by atoms with E-state index in [0.29, 0.717) is 12.4 Å². The fourth-order valence-electron chi connectivity index (χ4n) is 4.23. The predicted molar refractivity (Wildman–Crippen MR) is 160 cm³/mol. The molecule has 0 saturated heterocycles.